The van der Waals surface area contributed by atoms with Crippen molar-refractivity contribution in [3.63, 3.8) is 0 Å². The van der Waals surface area contributed by atoms with Crippen LogP contribution in [0.4, 0.5) is 5.82 Å². The van der Waals surface area contributed by atoms with E-state index in [4.69, 9.17) is 17.3 Å². The van der Waals surface area contributed by atoms with Gasteiger partial charge in [-0.3, -0.25) is 14.3 Å². The number of likely N-dealkylation sites (tertiary alicyclic amines) is 1. The number of hydrogen-bond acceptors (Lipinski definition) is 6. The van der Waals surface area contributed by atoms with Crippen molar-refractivity contribution in [2.75, 3.05) is 18.8 Å². The zero-order valence-corrected chi connectivity index (χ0v) is 19.9. The van der Waals surface area contributed by atoms with E-state index in [2.05, 4.69) is 20.4 Å². The molecule has 2 amide bonds. The molecule has 0 aromatic carbocycles. The number of nitrogens with two attached hydrogens (primary N) is 1. The van der Waals surface area contributed by atoms with Crippen molar-refractivity contribution in [1.82, 2.24) is 30.0 Å². The van der Waals surface area contributed by atoms with Gasteiger partial charge in [0.25, 0.3) is 5.91 Å². The van der Waals surface area contributed by atoms with Gasteiger partial charge in [0, 0.05) is 31.4 Å². The third-order valence-electron chi connectivity index (χ3n) is 6.26. The molecule has 0 spiro atoms. The summed E-state index contributed by atoms with van der Waals surface area (Å²) in [4.78, 5) is 35.8. The Labute approximate surface area is 193 Å². The average Bonchev–Trinajstić information content (AvgIpc) is 2.92. The Morgan fingerprint density at radius 1 is 1.28 bits per heavy atom. The van der Waals surface area contributed by atoms with Crippen LogP contribution in [0, 0.1) is 19.8 Å². The second-order valence-corrected chi connectivity index (χ2v) is 8.91. The van der Waals surface area contributed by atoms with E-state index < -0.39 is 6.04 Å². The number of halogens is 1. The van der Waals surface area contributed by atoms with Gasteiger partial charge >= 0.3 is 0 Å². The van der Waals surface area contributed by atoms with Crippen molar-refractivity contribution in [1.29, 1.82) is 0 Å². The minimum Gasteiger partial charge on any atom is -0.383 e. The molecule has 0 aliphatic carbocycles. The Bertz CT molecular complexity index is 968. The van der Waals surface area contributed by atoms with Gasteiger partial charge in [0.15, 0.2) is 0 Å². The molecule has 0 radical (unpaired) electrons. The lowest BCUT2D eigenvalue weighted by atomic mass is 9.93. The van der Waals surface area contributed by atoms with Crippen molar-refractivity contribution < 1.29 is 9.59 Å². The number of nitrogens with one attached hydrogen (secondary N) is 1. The molecule has 3 rings (SSSR count). The number of carbonyl (C=O) groups excluding carboxylic acids is 2. The van der Waals surface area contributed by atoms with Gasteiger partial charge in [0.2, 0.25) is 5.91 Å². The predicted molar refractivity (Wildman–Crippen MR) is 123 cm³/mol. The minimum atomic E-state index is -0.595. The summed E-state index contributed by atoms with van der Waals surface area (Å²) in [6.07, 6.45) is 6.02. The average molecular weight is 462 g/mol. The van der Waals surface area contributed by atoms with Gasteiger partial charge in [0.1, 0.15) is 22.8 Å². The fourth-order valence-corrected chi connectivity index (χ4v) is 4.48. The molecule has 174 valence electrons. The second kappa shape index (κ2) is 10.3. The molecule has 1 fully saturated rings. The van der Waals surface area contributed by atoms with E-state index in [0.29, 0.717) is 41.4 Å². The first-order valence-electron chi connectivity index (χ1n) is 11.0. The molecular weight excluding hydrogens is 430 g/mol. The Morgan fingerprint density at radius 2 is 2.03 bits per heavy atom. The minimum absolute atomic E-state index is 0.0558. The quantitative estimate of drug-likeness (QED) is 0.637. The number of rotatable bonds is 6. The van der Waals surface area contributed by atoms with Gasteiger partial charge in [-0.15, -0.1) is 0 Å². The maximum atomic E-state index is 13.0. The van der Waals surface area contributed by atoms with Crippen molar-refractivity contribution in [2.24, 2.45) is 13.0 Å². The second-order valence-electron chi connectivity index (χ2n) is 8.55. The Balaban J connectivity index is 1.52. The van der Waals surface area contributed by atoms with Crippen LogP contribution in [0.1, 0.15) is 60.0 Å². The predicted octanol–water partition coefficient (Wildman–Crippen LogP) is 2.44. The summed E-state index contributed by atoms with van der Waals surface area (Å²) in [5, 5.41) is 7.33. The van der Waals surface area contributed by atoms with Gasteiger partial charge in [-0.2, -0.15) is 5.10 Å². The molecule has 2 aromatic rings. The summed E-state index contributed by atoms with van der Waals surface area (Å²) < 4.78 is 1.64. The summed E-state index contributed by atoms with van der Waals surface area (Å²) in [5.41, 5.74) is 8.08. The standard InChI is InChI=1S/C22H32ClN7O2/c1-13(26-21(31)18-12-25-29(4)14(18)2)22(32)30-10-5-6-16(9-11-30)7-8-17-19(23)27-15(3)28-20(17)24/h12-13,16H,5-11H2,1-4H3,(H,26,31)(H2,24,27,28)/t13-,16+/m0/s1. The topological polar surface area (TPSA) is 119 Å². The SMILES string of the molecule is Cc1nc(N)c(CC[C@H]2CCCN(C(=O)[C@H](C)NC(=O)c3cnn(C)c3C)CC2)c(Cl)n1. The first-order valence-corrected chi connectivity index (χ1v) is 11.4. The lowest BCUT2D eigenvalue weighted by Crippen LogP contribution is -2.47. The maximum absolute atomic E-state index is 13.0. The number of anilines is 1. The van der Waals surface area contributed by atoms with Gasteiger partial charge in [-0.25, -0.2) is 9.97 Å². The molecule has 32 heavy (non-hydrogen) atoms. The number of aromatic nitrogens is 4. The van der Waals surface area contributed by atoms with E-state index in [1.54, 1.807) is 25.6 Å². The summed E-state index contributed by atoms with van der Waals surface area (Å²) >= 11 is 6.26. The van der Waals surface area contributed by atoms with Crippen LogP contribution in [0.5, 0.6) is 0 Å². The van der Waals surface area contributed by atoms with Crippen molar-refractivity contribution >= 4 is 29.2 Å². The number of aryl methyl sites for hydroxylation is 2. The molecule has 1 saturated heterocycles. The highest BCUT2D eigenvalue weighted by Gasteiger charge is 2.26. The molecule has 3 heterocycles. The molecule has 0 bridgehead atoms. The highest BCUT2D eigenvalue weighted by Crippen LogP contribution is 2.27. The smallest absolute Gasteiger partial charge is 0.255 e. The summed E-state index contributed by atoms with van der Waals surface area (Å²) in [5.74, 6) is 1.15. The van der Waals surface area contributed by atoms with Crippen molar-refractivity contribution in [3.05, 3.63) is 34.0 Å². The Morgan fingerprint density at radius 3 is 2.69 bits per heavy atom. The first kappa shape index (κ1) is 24.0. The highest BCUT2D eigenvalue weighted by atomic mass is 35.5. The fraction of sp³-hybridized carbons (Fsp3) is 0.591. The van der Waals surface area contributed by atoms with Crippen LogP contribution in [0.3, 0.4) is 0 Å². The van der Waals surface area contributed by atoms with Crippen LogP contribution >= 0.6 is 11.6 Å². The molecular formula is C22H32ClN7O2. The largest absolute Gasteiger partial charge is 0.383 e. The van der Waals surface area contributed by atoms with Gasteiger partial charge < -0.3 is 16.0 Å². The molecule has 2 aromatic heterocycles. The lowest BCUT2D eigenvalue weighted by molar-refractivity contribution is -0.132. The van der Waals surface area contributed by atoms with Crippen molar-refractivity contribution in [3.8, 4) is 0 Å². The van der Waals surface area contributed by atoms with Gasteiger partial charge in [0.05, 0.1) is 11.8 Å². The molecule has 0 saturated carbocycles. The molecule has 0 unspecified atom stereocenters. The van der Waals surface area contributed by atoms with Crippen LogP contribution in [0.15, 0.2) is 6.20 Å². The maximum Gasteiger partial charge on any atom is 0.255 e. The number of nitrogen functional groups attached to an aromatic ring is 1. The van der Waals surface area contributed by atoms with E-state index >= 15 is 0 Å². The monoisotopic (exact) mass is 461 g/mol. The number of carbonyl (C=O) groups is 2. The number of hydrogen-bond donors (Lipinski definition) is 2. The highest BCUT2D eigenvalue weighted by molar-refractivity contribution is 6.30. The van der Waals surface area contributed by atoms with Crippen LogP contribution in [0.25, 0.3) is 0 Å². The molecule has 2 atom stereocenters. The van der Waals surface area contributed by atoms with E-state index in [-0.39, 0.29) is 11.8 Å². The molecule has 1 aliphatic rings. The molecule has 1 aliphatic heterocycles. The Hall–Kier alpha value is -2.68. The normalized spacial score (nSPS) is 17.7. The number of nitrogens with zero attached hydrogens (tertiary/aromatic N) is 5. The summed E-state index contributed by atoms with van der Waals surface area (Å²) in [6.45, 7) is 6.69. The third-order valence-corrected chi connectivity index (χ3v) is 6.57. The van der Waals surface area contributed by atoms with Crippen LogP contribution in [-0.4, -0.2) is 55.6 Å². The zero-order chi connectivity index (χ0) is 23.4. The van der Waals surface area contributed by atoms with Crippen LogP contribution in [0.2, 0.25) is 5.15 Å². The zero-order valence-electron chi connectivity index (χ0n) is 19.2. The fourth-order valence-electron chi connectivity index (χ4n) is 4.17. The Kier molecular flexibility index (Phi) is 7.71. The lowest BCUT2D eigenvalue weighted by Gasteiger charge is -2.25. The molecule has 9 nitrogen and oxygen atoms in total. The van der Waals surface area contributed by atoms with E-state index in [1.807, 2.05) is 11.8 Å². The van der Waals surface area contributed by atoms with E-state index in [1.165, 1.54) is 6.20 Å². The van der Waals surface area contributed by atoms with E-state index in [0.717, 1.165) is 43.4 Å². The van der Waals surface area contributed by atoms with Crippen molar-refractivity contribution in [2.45, 2.75) is 58.9 Å². The first-order chi connectivity index (χ1) is 15.2. The summed E-state index contributed by atoms with van der Waals surface area (Å²) in [6, 6.07) is -0.595. The van der Waals surface area contributed by atoms with Crippen LogP contribution < -0.4 is 11.1 Å². The molecule has 3 N–H and O–H groups in total. The third kappa shape index (κ3) is 5.56. The molecule has 10 heteroatoms. The summed E-state index contributed by atoms with van der Waals surface area (Å²) in [7, 11) is 1.78. The van der Waals surface area contributed by atoms with Crippen LogP contribution in [-0.2, 0) is 18.3 Å². The number of amides is 2. The van der Waals surface area contributed by atoms with Gasteiger partial charge in [-0.05, 0) is 58.8 Å². The van der Waals surface area contributed by atoms with Gasteiger partial charge in [-0.1, -0.05) is 11.6 Å². The van der Waals surface area contributed by atoms with E-state index in [9.17, 15) is 9.59 Å².